The molecule has 3 aromatic carbocycles. The molecule has 0 unspecified atom stereocenters. The largest absolute Gasteiger partial charge is 0.232 e. The van der Waals surface area contributed by atoms with Gasteiger partial charge in [0.1, 0.15) is 5.82 Å². The van der Waals surface area contributed by atoms with E-state index in [0.29, 0.717) is 5.02 Å². The molecular weight excluding hydrogens is 335 g/mol. The lowest BCUT2D eigenvalue weighted by molar-refractivity contribution is 0.628. The zero-order chi connectivity index (χ0) is 17.2. The summed E-state index contributed by atoms with van der Waals surface area (Å²) in [7, 11) is 0. The van der Waals surface area contributed by atoms with Gasteiger partial charge in [-0.15, -0.1) is 0 Å². The molecule has 0 bridgehead atoms. The van der Waals surface area contributed by atoms with Gasteiger partial charge >= 0.3 is 0 Å². The van der Waals surface area contributed by atoms with E-state index in [1.807, 2.05) is 65.3 Å². The number of nitrogens with zero attached hydrogens (tertiary/aromatic N) is 2. The Hall–Kier alpha value is -2.91. The van der Waals surface area contributed by atoms with E-state index in [9.17, 15) is 4.39 Å². The predicted octanol–water partition coefficient (Wildman–Crippen LogP) is 6.00. The molecule has 1 heterocycles. The van der Waals surface area contributed by atoms with Crippen molar-refractivity contribution in [1.29, 1.82) is 0 Å². The number of aromatic nitrogens is 2. The van der Waals surface area contributed by atoms with Gasteiger partial charge in [-0.05, 0) is 54.6 Å². The van der Waals surface area contributed by atoms with Crippen LogP contribution in [0.15, 0.2) is 84.9 Å². The number of benzene rings is 3. The van der Waals surface area contributed by atoms with Gasteiger partial charge in [-0.3, -0.25) is 0 Å². The Bertz CT molecular complexity index is 991. The summed E-state index contributed by atoms with van der Waals surface area (Å²) in [4.78, 5) is 0. The summed E-state index contributed by atoms with van der Waals surface area (Å²) in [5, 5.41) is 5.43. The molecular formula is C21H14ClFN2. The van der Waals surface area contributed by atoms with E-state index in [1.54, 1.807) is 12.1 Å². The Morgan fingerprint density at radius 2 is 1.40 bits per heavy atom. The normalized spacial score (nSPS) is 10.8. The van der Waals surface area contributed by atoms with Crippen molar-refractivity contribution in [3.8, 4) is 28.2 Å². The second-order valence-electron chi connectivity index (χ2n) is 5.68. The minimum absolute atomic E-state index is 0.260. The van der Waals surface area contributed by atoms with Crippen LogP contribution in [0.4, 0.5) is 4.39 Å². The second kappa shape index (κ2) is 6.54. The Labute approximate surface area is 150 Å². The molecule has 0 atom stereocenters. The molecule has 0 saturated carbocycles. The molecule has 122 valence electrons. The second-order valence-corrected chi connectivity index (χ2v) is 6.11. The first-order chi connectivity index (χ1) is 12.2. The zero-order valence-corrected chi connectivity index (χ0v) is 14.0. The topological polar surface area (TPSA) is 17.8 Å². The average Bonchev–Trinajstić information content (AvgIpc) is 3.09. The highest BCUT2D eigenvalue weighted by molar-refractivity contribution is 6.30. The lowest BCUT2D eigenvalue weighted by Crippen LogP contribution is -1.98. The van der Waals surface area contributed by atoms with E-state index in [-0.39, 0.29) is 5.82 Å². The fraction of sp³-hybridized carbons (Fsp3) is 0. The summed E-state index contributed by atoms with van der Waals surface area (Å²) >= 11 is 6.01. The highest BCUT2D eigenvalue weighted by Gasteiger charge is 2.13. The van der Waals surface area contributed by atoms with Crippen molar-refractivity contribution in [3.05, 3.63) is 95.8 Å². The first-order valence-electron chi connectivity index (χ1n) is 7.88. The zero-order valence-electron chi connectivity index (χ0n) is 13.2. The van der Waals surface area contributed by atoms with Gasteiger partial charge in [-0.25, -0.2) is 9.07 Å². The highest BCUT2D eigenvalue weighted by Crippen LogP contribution is 2.29. The monoisotopic (exact) mass is 348 g/mol. The summed E-state index contributed by atoms with van der Waals surface area (Å²) < 4.78 is 15.1. The van der Waals surface area contributed by atoms with Crippen LogP contribution in [-0.2, 0) is 0 Å². The van der Waals surface area contributed by atoms with E-state index in [4.69, 9.17) is 16.7 Å². The molecule has 0 spiro atoms. The summed E-state index contributed by atoms with van der Waals surface area (Å²) in [6.07, 6.45) is 0. The Morgan fingerprint density at radius 1 is 0.760 bits per heavy atom. The van der Waals surface area contributed by atoms with Crippen molar-refractivity contribution in [1.82, 2.24) is 9.78 Å². The van der Waals surface area contributed by atoms with Gasteiger partial charge in [0.2, 0.25) is 0 Å². The van der Waals surface area contributed by atoms with E-state index in [0.717, 1.165) is 28.2 Å². The Kier molecular flexibility index (Phi) is 4.08. The molecule has 0 fully saturated rings. The number of para-hydroxylation sites is 1. The van der Waals surface area contributed by atoms with Crippen LogP contribution in [0.3, 0.4) is 0 Å². The SMILES string of the molecule is Fc1ccc(-c2cc(-c3ccc(Cl)cc3)n(-c3ccccc3)n2)cc1. The Morgan fingerprint density at radius 3 is 2.08 bits per heavy atom. The molecule has 4 heteroatoms. The van der Waals surface area contributed by atoms with Gasteiger partial charge in [0, 0.05) is 16.1 Å². The Balaban J connectivity index is 1.89. The van der Waals surface area contributed by atoms with Gasteiger partial charge in [0.05, 0.1) is 17.1 Å². The fourth-order valence-electron chi connectivity index (χ4n) is 2.74. The molecule has 0 aliphatic carbocycles. The first-order valence-corrected chi connectivity index (χ1v) is 8.26. The van der Waals surface area contributed by atoms with Crippen molar-refractivity contribution in [2.75, 3.05) is 0 Å². The molecule has 0 amide bonds. The number of hydrogen-bond acceptors (Lipinski definition) is 1. The van der Waals surface area contributed by atoms with Crippen LogP contribution in [0, 0.1) is 5.82 Å². The number of hydrogen-bond donors (Lipinski definition) is 0. The summed E-state index contributed by atoms with van der Waals surface area (Å²) in [5.41, 5.74) is 4.57. The lowest BCUT2D eigenvalue weighted by atomic mass is 10.1. The van der Waals surface area contributed by atoms with Crippen LogP contribution in [0.1, 0.15) is 0 Å². The molecule has 4 rings (SSSR count). The molecule has 2 nitrogen and oxygen atoms in total. The third-order valence-electron chi connectivity index (χ3n) is 3.99. The summed E-state index contributed by atoms with van der Waals surface area (Å²) in [6.45, 7) is 0. The van der Waals surface area contributed by atoms with Gasteiger partial charge in [0.25, 0.3) is 0 Å². The van der Waals surface area contributed by atoms with Gasteiger partial charge in [-0.2, -0.15) is 5.10 Å². The lowest BCUT2D eigenvalue weighted by Gasteiger charge is -2.07. The van der Waals surface area contributed by atoms with Crippen molar-refractivity contribution < 1.29 is 4.39 Å². The smallest absolute Gasteiger partial charge is 0.123 e. The third-order valence-corrected chi connectivity index (χ3v) is 4.24. The van der Waals surface area contributed by atoms with Crippen LogP contribution in [-0.4, -0.2) is 9.78 Å². The minimum atomic E-state index is -0.260. The molecule has 0 aliphatic rings. The van der Waals surface area contributed by atoms with Gasteiger partial charge in [0.15, 0.2) is 0 Å². The number of halogens is 2. The van der Waals surface area contributed by atoms with Crippen molar-refractivity contribution >= 4 is 11.6 Å². The summed E-state index contributed by atoms with van der Waals surface area (Å²) in [5.74, 6) is -0.260. The van der Waals surface area contributed by atoms with Crippen molar-refractivity contribution in [2.45, 2.75) is 0 Å². The molecule has 25 heavy (non-hydrogen) atoms. The van der Waals surface area contributed by atoms with Crippen LogP contribution < -0.4 is 0 Å². The molecule has 0 radical (unpaired) electrons. The van der Waals surface area contributed by atoms with Gasteiger partial charge in [-0.1, -0.05) is 41.9 Å². The minimum Gasteiger partial charge on any atom is -0.232 e. The quantitative estimate of drug-likeness (QED) is 0.444. The molecule has 0 aliphatic heterocycles. The maximum absolute atomic E-state index is 13.2. The average molecular weight is 349 g/mol. The fourth-order valence-corrected chi connectivity index (χ4v) is 2.86. The van der Waals surface area contributed by atoms with Crippen molar-refractivity contribution in [3.63, 3.8) is 0 Å². The van der Waals surface area contributed by atoms with E-state index < -0.39 is 0 Å². The predicted molar refractivity (Wildman–Crippen MR) is 99.4 cm³/mol. The highest BCUT2D eigenvalue weighted by atomic mass is 35.5. The first kappa shape index (κ1) is 15.6. The molecule has 0 N–H and O–H groups in total. The molecule has 0 saturated heterocycles. The maximum atomic E-state index is 13.2. The number of rotatable bonds is 3. The summed E-state index contributed by atoms with van der Waals surface area (Å²) in [6, 6.07) is 25.9. The van der Waals surface area contributed by atoms with E-state index in [2.05, 4.69) is 0 Å². The van der Waals surface area contributed by atoms with E-state index >= 15 is 0 Å². The molecule has 4 aromatic rings. The van der Waals surface area contributed by atoms with Crippen LogP contribution in [0.25, 0.3) is 28.2 Å². The van der Waals surface area contributed by atoms with Crippen LogP contribution >= 0.6 is 11.6 Å². The van der Waals surface area contributed by atoms with E-state index in [1.165, 1.54) is 12.1 Å². The van der Waals surface area contributed by atoms with Gasteiger partial charge < -0.3 is 0 Å². The van der Waals surface area contributed by atoms with Crippen LogP contribution in [0.5, 0.6) is 0 Å². The standard InChI is InChI=1S/C21H14ClFN2/c22-17-10-6-16(7-11-17)21-14-20(15-8-12-18(23)13-9-15)24-25(21)19-4-2-1-3-5-19/h1-14H. The molecule has 1 aromatic heterocycles. The third kappa shape index (κ3) is 3.19. The van der Waals surface area contributed by atoms with Crippen LogP contribution in [0.2, 0.25) is 5.02 Å². The maximum Gasteiger partial charge on any atom is 0.123 e. The van der Waals surface area contributed by atoms with Crippen molar-refractivity contribution in [2.24, 2.45) is 0 Å².